The number of Topliss-reactive ketones (excluding diaryl/α,β-unsaturated/α-hetero) is 8. The molecule has 0 aromatic heterocycles. The Balaban J connectivity index is -0.0000000873. The molecule has 160 valence electrons. The molecule has 0 amide bonds. The average Bonchev–Trinajstić information content (AvgIpc) is 2.32. The molecule has 0 saturated carbocycles. The Morgan fingerprint density at radius 2 is 0.379 bits per heavy atom. The molecule has 9 heteroatoms. The van der Waals surface area contributed by atoms with E-state index in [0.29, 0.717) is 0 Å². The summed E-state index contributed by atoms with van der Waals surface area (Å²) in [7, 11) is 0. The van der Waals surface area contributed by atoms with Crippen LogP contribution in [-0.4, -0.2) is 70.2 Å². The molecule has 0 N–H and O–H groups in total. The van der Waals surface area contributed by atoms with Crippen molar-refractivity contribution in [3.63, 3.8) is 0 Å². The maximum absolute atomic E-state index is 10.0. The molecule has 0 heterocycles. The maximum Gasteiger partial charge on any atom is 4.00 e. The number of carbonyl (C=O) groups is 8. The molecule has 0 atom stereocenters. The van der Waals surface area contributed by atoms with Gasteiger partial charge in [-0.2, -0.15) is 0 Å². The van der Waals surface area contributed by atoms with Gasteiger partial charge in [0.25, 0.3) is 0 Å². The standard InChI is InChI=1S/4C5H8O2.Sn/c4*1-4(6)3-5(2)7;/h4*3H2,1-2H3;/q;;;;+4. The molecule has 0 aliphatic heterocycles. The molecule has 0 aromatic rings. The molecular formula is C20H32O8Sn+4. The van der Waals surface area contributed by atoms with E-state index in [4.69, 9.17) is 0 Å². The van der Waals surface area contributed by atoms with Crippen molar-refractivity contribution < 1.29 is 38.4 Å². The van der Waals surface area contributed by atoms with Crippen LogP contribution in [0, 0.1) is 0 Å². The molecule has 0 saturated heterocycles. The van der Waals surface area contributed by atoms with Crippen molar-refractivity contribution in [2.45, 2.75) is 81.1 Å². The summed E-state index contributed by atoms with van der Waals surface area (Å²) in [5.74, 6) is -0.500. The Bertz CT molecular complexity index is 439. The molecule has 0 aliphatic carbocycles. The zero-order valence-electron chi connectivity index (χ0n) is 18.6. The van der Waals surface area contributed by atoms with Crippen molar-refractivity contribution in [3.05, 3.63) is 0 Å². The molecule has 0 spiro atoms. The van der Waals surface area contributed by atoms with Gasteiger partial charge >= 0.3 is 23.9 Å². The summed E-state index contributed by atoms with van der Waals surface area (Å²) in [4.78, 5) is 80.3. The zero-order valence-corrected chi connectivity index (χ0v) is 21.4. The number of rotatable bonds is 8. The van der Waals surface area contributed by atoms with E-state index in [1.54, 1.807) is 0 Å². The van der Waals surface area contributed by atoms with Crippen LogP contribution in [0.15, 0.2) is 0 Å². The fourth-order valence-electron chi connectivity index (χ4n) is 1.40. The molecule has 0 aromatic carbocycles. The van der Waals surface area contributed by atoms with Crippen molar-refractivity contribution in [1.82, 2.24) is 0 Å². The van der Waals surface area contributed by atoms with Crippen LogP contribution in [0.25, 0.3) is 0 Å². The second-order valence-electron chi connectivity index (χ2n) is 6.32. The molecule has 0 unspecified atom stereocenters. The van der Waals surface area contributed by atoms with Gasteiger partial charge in [0.15, 0.2) is 0 Å². The Labute approximate surface area is 189 Å². The van der Waals surface area contributed by atoms with Gasteiger partial charge in [-0.15, -0.1) is 0 Å². The summed E-state index contributed by atoms with van der Waals surface area (Å²) < 4.78 is 0. The van der Waals surface area contributed by atoms with Crippen LogP contribution in [0.4, 0.5) is 0 Å². The fourth-order valence-corrected chi connectivity index (χ4v) is 1.40. The second-order valence-corrected chi connectivity index (χ2v) is 6.32. The van der Waals surface area contributed by atoms with E-state index >= 15 is 0 Å². The Kier molecular flexibility index (Phi) is 31.6. The van der Waals surface area contributed by atoms with Gasteiger partial charge in [-0.25, -0.2) is 0 Å². The third-order valence-corrected chi connectivity index (χ3v) is 1.99. The van der Waals surface area contributed by atoms with Crippen LogP contribution in [0.5, 0.6) is 0 Å². The van der Waals surface area contributed by atoms with E-state index in [-0.39, 0.29) is 95.9 Å². The monoisotopic (exact) mass is 520 g/mol. The van der Waals surface area contributed by atoms with Gasteiger partial charge in [0.1, 0.15) is 46.3 Å². The predicted octanol–water partition coefficient (Wildman–Crippen LogP) is 1.84. The number of hydrogen-bond acceptors (Lipinski definition) is 8. The van der Waals surface area contributed by atoms with Crippen molar-refractivity contribution in [2.24, 2.45) is 0 Å². The van der Waals surface area contributed by atoms with Gasteiger partial charge in [0.05, 0.1) is 25.7 Å². The van der Waals surface area contributed by atoms with Crippen molar-refractivity contribution in [3.8, 4) is 0 Å². The summed E-state index contributed by atoms with van der Waals surface area (Å²) in [5.41, 5.74) is 0. The van der Waals surface area contributed by atoms with Gasteiger partial charge in [-0.1, -0.05) is 0 Å². The van der Waals surface area contributed by atoms with Gasteiger partial charge in [-0.05, 0) is 55.4 Å². The molecule has 29 heavy (non-hydrogen) atoms. The average molecular weight is 519 g/mol. The molecular weight excluding hydrogens is 487 g/mol. The first-order valence-electron chi connectivity index (χ1n) is 8.46. The smallest absolute Gasteiger partial charge is 0.300 e. The van der Waals surface area contributed by atoms with Crippen molar-refractivity contribution in [2.75, 3.05) is 0 Å². The number of hydrogen-bond donors (Lipinski definition) is 0. The van der Waals surface area contributed by atoms with Gasteiger partial charge in [0.2, 0.25) is 0 Å². The molecule has 0 fully saturated rings. The van der Waals surface area contributed by atoms with E-state index in [0.717, 1.165) is 0 Å². The van der Waals surface area contributed by atoms with Crippen molar-refractivity contribution in [1.29, 1.82) is 0 Å². The van der Waals surface area contributed by atoms with E-state index in [9.17, 15) is 38.4 Å². The minimum atomic E-state index is -0.0625. The maximum atomic E-state index is 10.0. The van der Waals surface area contributed by atoms with Crippen molar-refractivity contribution >= 4 is 70.2 Å². The summed E-state index contributed by atoms with van der Waals surface area (Å²) in [6, 6.07) is 0. The molecule has 0 bridgehead atoms. The molecule has 0 radical (unpaired) electrons. The van der Waals surface area contributed by atoms with Crippen LogP contribution in [0.1, 0.15) is 81.1 Å². The predicted molar refractivity (Wildman–Crippen MR) is 110 cm³/mol. The first kappa shape index (κ1) is 37.8. The summed E-state index contributed by atoms with van der Waals surface area (Å²) >= 11 is 0. The van der Waals surface area contributed by atoms with E-state index in [1.165, 1.54) is 55.4 Å². The summed E-state index contributed by atoms with van der Waals surface area (Å²) in [5, 5.41) is 0. The third-order valence-electron chi connectivity index (χ3n) is 1.99. The Morgan fingerprint density at radius 1 is 0.310 bits per heavy atom. The van der Waals surface area contributed by atoms with E-state index in [1.807, 2.05) is 0 Å². The first-order valence-corrected chi connectivity index (χ1v) is 8.46. The fraction of sp³-hybridized carbons (Fsp3) is 0.600. The van der Waals surface area contributed by atoms with E-state index < -0.39 is 0 Å². The van der Waals surface area contributed by atoms with Gasteiger partial charge in [-0.3, -0.25) is 38.4 Å². The molecule has 0 rings (SSSR count). The summed E-state index contributed by atoms with van der Waals surface area (Å²) in [6.07, 6.45) is 0.333. The topological polar surface area (TPSA) is 137 Å². The first-order chi connectivity index (χ1) is 12.5. The number of carbonyl (C=O) groups excluding carboxylic acids is 8. The third kappa shape index (κ3) is 76.2. The van der Waals surface area contributed by atoms with Gasteiger partial charge < -0.3 is 0 Å². The second kappa shape index (κ2) is 24.2. The van der Waals surface area contributed by atoms with Crippen LogP contribution >= 0.6 is 0 Å². The Morgan fingerprint density at radius 3 is 0.379 bits per heavy atom. The molecule has 0 aliphatic rings. The normalized spacial score (nSPS) is 8.00. The SMILES string of the molecule is CC(=O)CC(C)=O.CC(=O)CC(C)=O.CC(=O)CC(C)=O.CC(=O)CC(C)=O.[Sn+4]. The minimum Gasteiger partial charge on any atom is -0.300 e. The largest absolute Gasteiger partial charge is 4.00 e. The summed E-state index contributed by atoms with van der Waals surface area (Å²) in [6.45, 7) is 11.2. The van der Waals surface area contributed by atoms with Crippen LogP contribution < -0.4 is 0 Å². The van der Waals surface area contributed by atoms with Crippen LogP contribution in [-0.2, 0) is 38.4 Å². The Hall–Kier alpha value is -1.84. The van der Waals surface area contributed by atoms with Crippen LogP contribution in [0.2, 0.25) is 0 Å². The van der Waals surface area contributed by atoms with Gasteiger partial charge in [0, 0.05) is 0 Å². The van der Waals surface area contributed by atoms with E-state index in [2.05, 4.69) is 0 Å². The minimum absolute atomic E-state index is 0. The molecule has 8 nitrogen and oxygen atoms in total. The zero-order chi connectivity index (χ0) is 23.4. The number of ketones is 8. The van der Waals surface area contributed by atoms with Crippen LogP contribution in [0.3, 0.4) is 0 Å². The quantitative estimate of drug-likeness (QED) is 0.350.